The maximum atomic E-state index is 11.7. The van der Waals surface area contributed by atoms with E-state index in [0.717, 1.165) is 30.3 Å². The minimum atomic E-state index is 0.141. The zero-order valence-corrected chi connectivity index (χ0v) is 12.6. The maximum Gasteiger partial charge on any atom is 0.222 e. The minimum absolute atomic E-state index is 0.141. The molecule has 5 nitrogen and oxygen atoms in total. The van der Waals surface area contributed by atoms with Crippen molar-refractivity contribution in [2.24, 2.45) is 0 Å². The van der Waals surface area contributed by atoms with Crippen molar-refractivity contribution in [3.63, 3.8) is 0 Å². The summed E-state index contributed by atoms with van der Waals surface area (Å²) in [6.07, 6.45) is 3.57. The Hall–Kier alpha value is -1.49. The number of carbonyl (C=O) groups excluding carboxylic acids is 1. The number of amides is 1. The summed E-state index contributed by atoms with van der Waals surface area (Å²) < 4.78 is 0. The van der Waals surface area contributed by atoms with Gasteiger partial charge in [-0.1, -0.05) is 0 Å². The fourth-order valence-corrected chi connectivity index (χ4v) is 2.56. The Morgan fingerprint density at radius 3 is 2.90 bits per heavy atom. The van der Waals surface area contributed by atoms with Crippen LogP contribution in [-0.4, -0.2) is 48.0 Å². The summed E-state index contributed by atoms with van der Waals surface area (Å²) in [6, 6.07) is 2.08. The number of nitrogens with zero attached hydrogens (tertiary/aromatic N) is 3. The van der Waals surface area contributed by atoms with Crippen molar-refractivity contribution in [2.45, 2.75) is 38.5 Å². The Morgan fingerprint density at radius 2 is 2.25 bits per heavy atom. The molecule has 1 aromatic heterocycles. The summed E-state index contributed by atoms with van der Waals surface area (Å²) in [4.78, 5) is 22.3. The second kappa shape index (κ2) is 6.79. The smallest absolute Gasteiger partial charge is 0.222 e. The first kappa shape index (κ1) is 14.9. The molecule has 2 rings (SSSR count). The lowest BCUT2D eigenvalue weighted by Gasteiger charge is -2.22. The van der Waals surface area contributed by atoms with Gasteiger partial charge in [-0.2, -0.15) is 0 Å². The zero-order chi connectivity index (χ0) is 14.5. The first-order valence-corrected chi connectivity index (χ1v) is 7.31. The first-order chi connectivity index (χ1) is 9.56. The SMILES string of the molecule is Cc1nc(CCC(=O)N(C)C)cc([C@@H]2CCCNC2)n1. The molecule has 1 atom stereocenters. The van der Waals surface area contributed by atoms with E-state index in [9.17, 15) is 4.79 Å². The number of hydrogen-bond acceptors (Lipinski definition) is 4. The van der Waals surface area contributed by atoms with Crippen molar-refractivity contribution < 1.29 is 4.79 Å². The van der Waals surface area contributed by atoms with Crippen molar-refractivity contribution in [3.05, 3.63) is 23.3 Å². The molecule has 0 unspecified atom stereocenters. The molecule has 1 amide bonds. The molecule has 1 N–H and O–H groups in total. The van der Waals surface area contributed by atoms with Gasteiger partial charge in [0.05, 0.1) is 0 Å². The van der Waals surface area contributed by atoms with E-state index in [1.54, 1.807) is 19.0 Å². The molecular formula is C15H24N4O. The summed E-state index contributed by atoms with van der Waals surface area (Å²) in [5.41, 5.74) is 2.10. The van der Waals surface area contributed by atoms with Crippen molar-refractivity contribution in [2.75, 3.05) is 27.2 Å². The standard InChI is InChI=1S/C15H24N4O/c1-11-17-13(6-7-15(20)19(2)3)9-14(18-11)12-5-4-8-16-10-12/h9,12,16H,4-8,10H2,1-3H3/t12-/m1/s1. The van der Waals surface area contributed by atoms with Crippen LogP contribution >= 0.6 is 0 Å². The highest BCUT2D eigenvalue weighted by atomic mass is 16.2. The number of hydrogen-bond donors (Lipinski definition) is 1. The Labute approximate surface area is 120 Å². The van der Waals surface area contributed by atoms with Crippen LogP contribution in [-0.2, 0) is 11.2 Å². The molecule has 2 heterocycles. The summed E-state index contributed by atoms with van der Waals surface area (Å²) >= 11 is 0. The molecule has 1 aromatic rings. The highest BCUT2D eigenvalue weighted by Gasteiger charge is 2.18. The molecule has 110 valence electrons. The van der Waals surface area contributed by atoms with Gasteiger partial charge in [-0.15, -0.1) is 0 Å². The van der Waals surface area contributed by atoms with Gasteiger partial charge in [0.25, 0.3) is 0 Å². The van der Waals surface area contributed by atoms with Gasteiger partial charge in [0.1, 0.15) is 5.82 Å². The Morgan fingerprint density at radius 1 is 1.45 bits per heavy atom. The van der Waals surface area contributed by atoms with Crippen molar-refractivity contribution in [1.82, 2.24) is 20.2 Å². The molecular weight excluding hydrogens is 252 g/mol. The van der Waals surface area contributed by atoms with E-state index in [1.165, 1.54) is 12.8 Å². The molecule has 20 heavy (non-hydrogen) atoms. The lowest BCUT2D eigenvalue weighted by molar-refractivity contribution is -0.128. The molecule has 1 aliphatic rings. The predicted molar refractivity (Wildman–Crippen MR) is 78.6 cm³/mol. The predicted octanol–water partition coefficient (Wildman–Crippen LogP) is 1.27. The second-order valence-electron chi connectivity index (χ2n) is 5.66. The van der Waals surface area contributed by atoms with Crippen LogP contribution < -0.4 is 5.32 Å². The molecule has 1 aliphatic heterocycles. The molecule has 0 aromatic carbocycles. The lowest BCUT2D eigenvalue weighted by Crippen LogP contribution is -2.29. The third kappa shape index (κ3) is 4.00. The van der Waals surface area contributed by atoms with Crippen LogP contribution in [0, 0.1) is 6.92 Å². The van der Waals surface area contributed by atoms with Gasteiger partial charge in [0, 0.05) is 44.4 Å². The van der Waals surface area contributed by atoms with E-state index in [2.05, 4.69) is 21.4 Å². The highest BCUT2D eigenvalue weighted by molar-refractivity contribution is 5.75. The van der Waals surface area contributed by atoms with Crippen LogP contribution in [0.15, 0.2) is 6.07 Å². The monoisotopic (exact) mass is 276 g/mol. The fraction of sp³-hybridized carbons (Fsp3) is 0.667. The average molecular weight is 276 g/mol. The third-order valence-corrected chi connectivity index (χ3v) is 3.72. The van der Waals surface area contributed by atoms with Crippen LogP contribution in [0.25, 0.3) is 0 Å². The second-order valence-corrected chi connectivity index (χ2v) is 5.66. The number of aromatic nitrogens is 2. The average Bonchev–Trinajstić information content (AvgIpc) is 2.45. The normalized spacial score (nSPS) is 18.9. The zero-order valence-electron chi connectivity index (χ0n) is 12.6. The summed E-state index contributed by atoms with van der Waals surface area (Å²) in [5.74, 6) is 1.43. The molecule has 0 bridgehead atoms. The van der Waals surface area contributed by atoms with E-state index >= 15 is 0 Å². The van der Waals surface area contributed by atoms with Crippen LogP contribution in [0.5, 0.6) is 0 Å². The summed E-state index contributed by atoms with van der Waals surface area (Å²) in [7, 11) is 3.57. The molecule has 0 radical (unpaired) electrons. The van der Waals surface area contributed by atoms with Crippen molar-refractivity contribution in [1.29, 1.82) is 0 Å². The molecule has 1 fully saturated rings. The van der Waals surface area contributed by atoms with Crippen molar-refractivity contribution in [3.8, 4) is 0 Å². The number of nitrogens with one attached hydrogen (secondary N) is 1. The van der Waals surface area contributed by atoms with E-state index in [1.807, 2.05) is 6.92 Å². The topological polar surface area (TPSA) is 58.1 Å². The van der Waals surface area contributed by atoms with Crippen molar-refractivity contribution >= 4 is 5.91 Å². The number of piperidine rings is 1. The molecule has 0 spiro atoms. The van der Waals surface area contributed by atoms with Gasteiger partial charge in [-0.25, -0.2) is 9.97 Å². The van der Waals surface area contributed by atoms with Gasteiger partial charge in [0.15, 0.2) is 0 Å². The van der Waals surface area contributed by atoms with Gasteiger partial charge < -0.3 is 10.2 Å². The number of rotatable bonds is 4. The van der Waals surface area contributed by atoms with Gasteiger partial charge in [-0.05, 0) is 38.8 Å². The summed E-state index contributed by atoms with van der Waals surface area (Å²) in [5, 5.41) is 3.42. The quantitative estimate of drug-likeness (QED) is 0.900. The minimum Gasteiger partial charge on any atom is -0.349 e. The van der Waals surface area contributed by atoms with E-state index in [4.69, 9.17) is 0 Å². The van der Waals surface area contributed by atoms with E-state index < -0.39 is 0 Å². The third-order valence-electron chi connectivity index (χ3n) is 3.72. The van der Waals surface area contributed by atoms with Gasteiger partial charge >= 0.3 is 0 Å². The van der Waals surface area contributed by atoms with Crippen LogP contribution in [0.4, 0.5) is 0 Å². The van der Waals surface area contributed by atoms with Gasteiger partial charge in [0.2, 0.25) is 5.91 Å². The fourth-order valence-electron chi connectivity index (χ4n) is 2.56. The Balaban J connectivity index is 2.06. The van der Waals surface area contributed by atoms with E-state index in [-0.39, 0.29) is 5.91 Å². The first-order valence-electron chi connectivity index (χ1n) is 7.31. The number of carbonyl (C=O) groups is 1. The molecule has 5 heteroatoms. The van der Waals surface area contributed by atoms with Crippen LogP contribution in [0.2, 0.25) is 0 Å². The number of aryl methyl sites for hydroxylation is 2. The largest absolute Gasteiger partial charge is 0.349 e. The van der Waals surface area contributed by atoms with Gasteiger partial charge in [-0.3, -0.25) is 4.79 Å². The molecule has 0 saturated carbocycles. The lowest BCUT2D eigenvalue weighted by atomic mass is 9.95. The van der Waals surface area contributed by atoms with Crippen LogP contribution in [0.1, 0.15) is 42.4 Å². The van der Waals surface area contributed by atoms with Crippen LogP contribution in [0.3, 0.4) is 0 Å². The maximum absolute atomic E-state index is 11.7. The van der Waals surface area contributed by atoms with E-state index in [0.29, 0.717) is 18.8 Å². The summed E-state index contributed by atoms with van der Waals surface area (Å²) in [6.45, 7) is 4.02. The molecule has 0 aliphatic carbocycles. The Kier molecular flexibility index (Phi) is 5.06. The molecule has 1 saturated heterocycles. The highest BCUT2D eigenvalue weighted by Crippen LogP contribution is 2.22. The Bertz CT molecular complexity index is 467.